The summed E-state index contributed by atoms with van der Waals surface area (Å²) < 4.78 is 22.5. The van der Waals surface area contributed by atoms with E-state index in [1.165, 1.54) is 0 Å². The van der Waals surface area contributed by atoms with Gasteiger partial charge in [0.1, 0.15) is 24.7 Å². The maximum Gasteiger partial charge on any atom is 0.168 e. The summed E-state index contributed by atoms with van der Waals surface area (Å²) >= 11 is 3.31. The van der Waals surface area contributed by atoms with E-state index in [-0.39, 0.29) is 11.7 Å². The number of carbonyl (C=O) groups is 1. The van der Waals surface area contributed by atoms with Crippen LogP contribution in [0.25, 0.3) is 0 Å². The number of ketones is 1. The Morgan fingerprint density at radius 1 is 0.939 bits per heavy atom. The molecule has 0 aromatic heterocycles. The molecular formula is C25H36BrNO6. The summed E-state index contributed by atoms with van der Waals surface area (Å²) in [6.07, 6.45) is 1.69. The monoisotopic (exact) mass is 525 g/mol. The summed E-state index contributed by atoms with van der Waals surface area (Å²) in [6, 6.07) is 7.91. The Balaban J connectivity index is 1.95. The minimum atomic E-state index is 0.0487. The molecule has 1 aliphatic rings. The summed E-state index contributed by atoms with van der Waals surface area (Å²) in [6.45, 7) is 9.52. The number of allylic oxidation sites excluding steroid dienone is 2. The van der Waals surface area contributed by atoms with Crippen LogP contribution in [0.1, 0.15) is 51.5 Å². The molecule has 8 heteroatoms. The number of benzene rings is 1. The van der Waals surface area contributed by atoms with Crippen LogP contribution in [-0.2, 0) is 23.8 Å². The average Bonchev–Trinajstić information content (AvgIpc) is 2.83. The fourth-order valence-corrected chi connectivity index (χ4v) is 3.83. The highest BCUT2D eigenvalue weighted by molar-refractivity contribution is 9.09. The molecule has 33 heavy (non-hydrogen) atoms. The first-order chi connectivity index (χ1) is 16.1. The van der Waals surface area contributed by atoms with E-state index >= 15 is 0 Å². The molecule has 1 aromatic carbocycles. The van der Waals surface area contributed by atoms with Gasteiger partial charge in [0.2, 0.25) is 0 Å². The van der Waals surface area contributed by atoms with Gasteiger partial charge in [-0.2, -0.15) is 0 Å². The number of halogens is 1. The van der Waals surface area contributed by atoms with Gasteiger partial charge in [0.25, 0.3) is 0 Å². The van der Waals surface area contributed by atoms with Crippen molar-refractivity contribution in [3.05, 3.63) is 41.2 Å². The Kier molecular flexibility index (Phi) is 13.1. The maximum atomic E-state index is 13.1. The largest absolute Gasteiger partial charge is 0.497 e. The standard InChI is InChI=1S/C25H36BrNO6/c1-4-22(27-33-6-3)25-23(28)17-20(18-24(25)31-5-2)19-7-9-21(10-8-19)32-16-15-30-14-13-29-12-11-26/h7-10,20H,4-6,11-18H2,1-3H3/b27-22+. The van der Waals surface area contributed by atoms with E-state index in [0.29, 0.717) is 82.6 Å². The fourth-order valence-electron chi connectivity index (χ4n) is 3.60. The molecule has 0 amide bonds. The van der Waals surface area contributed by atoms with Crippen LogP contribution in [0.3, 0.4) is 0 Å². The molecule has 0 saturated carbocycles. The molecule has 1 atom stereocenters. The first-order valence-electron chi connectivity index (χ1n) is 11.7. The molecule has 1 unspecified atom stereocenters. The van der Waals surface area contributed by atoms with E-state index in [1.807, 2.05) is 45.0 Å². The summed E-state index contributed by atoms with van der Waals surface area (Å²) in [7, 11) is 0. The third-order valence-electron chi connectivity index (χ3n) is 5.11. The van der Waals surface area contributed by atoms with Crippen molar-refractivity contribution in [2.75, 3.05) is 51.6 Å². The second-order valence-electron chi connectivity index (χ2n) is 7.40. The zero-order valence-corrected chi connectivity index (χ0v) is 21.5. The predicted molar refractivity (Wildman–Crippen MR) is 132 cm³/mol. The molecular weight excluding hydrogens is 490 g/mol. The second kappa shape index (κ2) is 15.9. The molecule has 184 valence electrons. The van der Waals surface area contributed by atoms with Crippen LogP contribution in [-0.4, -0.2) is 63.1 Å². The van der Waals surface area contributed by atoms with Crippen LogP contribution >= 0.6 is 15.9 Å². The summed E-state index contributed by atoms with van der Waals surface area (Å²) in [5.41, 5.74) is 2.33. The van der Waals surface area contributed by atoms with Crippen LogP contribution in [0, 0.1) is 0 Å². The van der Waals surface area contributed by atoms with Crippen LogP contribution in [0.5, 0.6) is 5.75 Å². The lowest BCUT2D eigenvalue weighted by atomic mass is 9.81. The molecule has 1 aliphatic carbocycles. The van der Waals surface area contributed by atoms with Crippen molar-refractivity contribution < 1.29 is 28.6 Å². The van der Waals surface area contributed by atoms with Crippen molar-refractivity contribution in [2.45, 2.75) is 46.0 Å². The number of alkyl halides is 1. The highest BCUT2D eigenvalue weighted by Gasteiger charge is 2.32. The maximum absolute atomic E-state index is 13.1. The van der Waals surface area contributed by atoms with E-state index in [1.54, 1.807) is 0 Å². The highest BCUT2D eigenvalue weighted by atomic mass is 79.9. The molecule has 0 radical (unpaired) electrons. The first-order valence-corrected chi connectivity index (χ1v) is 12.8. The van der Waals surface area contributed by atoms with Gasteiger partial charge in [-0.1, -0.05) is 40.1 Å². The number of nitrogens with zero attached hydrogens (tertiary/aromatic N) is 1. The number of rotatable bonds is 16. The number of hydrogen-bond donors (Lipinski definition) is 0. The van der Waals surface area contributed by atoms with Gasteiger partial charge in [-0.3, -0.25) is 4.79 Å². The van der Waals surface area contributed by atoms with Gasteiger partial charge in [-0.15, -0.1) is 0 Å². The van der Waals surface area contributed by atoms with Crippen LogP contribution in [0.4, 0.5) is 0 Å². The molecule has 0 fully saturated rings. The van der Waals surface area contributed by atoms with Crippen LogP contribution < -0.4 is 4.74 Å². The summed E-state index contributed by atoms with van der Waals surface area (Å²) in [5, 5.41) is 4.99. The Bertz CT molecular complexity index is 778. The Morgan fingerprint density at radius 2 is 1.64 bits per heavy atom. The van der Waals surface area contributed by atoms with Gasteiger partial charge in [0.05, 0.1) is 44.3 Å². The normalized spacial score (nSPS) is 16.8. The Hall–Kier alpha value is -1.90. The Morgan fingerprint density at radius 3 is 2.27 bits per heavy atom. The molecule has 0 bridgehead atoms. The number of oxime groups is 1. The third-order valence-corrected chi connectivity index (χ3v) is 5.43. The van der Waals surface area contributed by atoms with Crippen molar-refractivity contribution in [3.63, 3.8) is 0 Å². The van der Waals surface area contributed by atoms with Crippen LogP contribution in [0.2, 0.25) is 0 Å². The zero-order chi connectivity index (χ0) is 23.9. The number of ether oxygens (including phenoxy) is 4. The van der Waals surface area contributed by atoms with Gasteiger partial charge < -0.3 is 23.8 Å². The van der Waals surface area contributed by atoms with Crippen molar-refractivity contribution in [1.82, 2.24) is 0 Å². The molecule has 0 spiro atoms. The molecule has 7 nitrogen and oxygen atoms in total. The van der Waals surface area contributed by atoms with Gasteiger partial charge in [0, 0.05) is 18.2 Å². The molecule has 0 aliphatic heterocycles. The molecule has 0 heterocycles. The quantitative estimate of drug-likeness (QED) is 0.130. The van der Waals surface area contributed by atoms with E-state index in [0.717, 1.165) is 16.6 Å². The predicted octanol–water partition coefficient (Wildman–Crippen LogP) is 5.03. The smallest absolute Gasteiger partial charge is 0.168 e. The minimum Gasteiger partial charge on any atom is -0.497 e. The SMILES string of the molecule is CCO/N=C(\CC)C1=C(OCC)CC(c2ccc(OCCOCCOCCBr)cc2)CC1=O. The molecule has 0 saturated heterocycles. The van der Waals surface area contributed by atoms with E-state index in [2.05, 4.69) is 21.1 Å². The topological polar surface area (TPSA) is 75.6 Å². The molecule has 2 rings (SSSR count). The van der Waals surface area contributed by atoms with Gasteiger partial charge in [-0.25, -0.2) is 0 Å². The first kappa shape index (κ1) is 27.3. The summed E-state index contributed by atoms with van der Waals surface area (Å²) in [4.78, 5) is 18.3. The van der Waals surface area contributed by atoms with E-state index in [9.17, 15) is 4.79 Å². The zero-order valence-electron chi connectivity index (χ0n) is 19.9. The number of carbonyl (C=O) groups excluding carboxylic acids is 1. The minimum absolute atomic E-state index is 0.0487. The number of hydrogen-bond acceptors (Lipinski definition) is 7. The van der Waals surface area contributed by atoms with Crippen LogP contribution in [0.15, 0.2) is 40.8 Å². The molecule has 0 N–H and O–H groups in total. The van der Waals surface area contributed by atoms with Crippen molar-refractivity contribution in [3.8, 4) is 5.75 Å². The molecule has 1 aromatic rings. The second-order valence-corrected chi connectivity index (χ2v) is 8.19. The van der Waals surface area contributed by atoms with Crippen molar-refractivity contribution >= 4 is 27.4 Å². The lowest BCUT2D eigenvalue weighted by Gasteiger charge is -2.27. The van der Waals surface area contributed by atoms with E-state index < -0.39 is 0 Å². The van der Waals surface area contributed by atoms with Gasteiger partial charge in [-0.05, 0) is 43.9 Å². The third kappa shape index (κ3) is 9.10. The van der Waals surface area contributed by atoms with Gasteiger partial charge in [0.15, 0.2) is 5.78 Å². The average molecular weight is 526 g/mol. The highest BCUT2D eigenvalue weighted by Crippen LogP contribution is 2.36. The fraction of sp³-hybridized carbons (Fsp3) is 0.600. The summed E-state index contributed by atoms with van der Waals surface area (Å²) in [5.74, 6) is 1.59. The number of Topliss-reactive ketones (excluding diaryl/α,β-unsaturated/α-hetero) is 1. The lowest BCUT2D eigenvalue weighted by molar-refractivity contribution is -0.116. The van der Waals surface area contributed by atoms with E-state index in [4.69, 9.17) is 23.8 Å². The van der Waals surface area contributed by atoms with Crippen molar-refractivity contribution in [2.24, 2.45) is 5.16 Å². The Labute approximate surface area is 205 Å². The lowest BCUT2D eigenvalue weighted by Crippen LogP contribution is -2.25. The van der Waals surface area contributed by atoms with Crippen molar-refractivity contribution in [1.29, 1.82) is 0 Å². The van der Waals surface area contributed by atoms with Gasteiger partial charge >= 0.3 is 0 Å².